The number of aromatic nitrogens is 2. The molecular formula is C19H21ClN4OS. The third kappa shape index (κ3) is 4.09. The van der Waals surface area contributed by atoms with Crippen LogP contribution >= 0.6 is 22.9 Å². The number of benzene rings is 1. The average Bonchev–Trinajstić information content (AvgIpc) is 3.22. The maximum Gasteiger partial charge on any atom is 0.226 e. The van der Waals surface area contributed by atoms with E-state index in [4.69, 9.17) is 11.6 Å². The first kappa shape index (κ1) is 17.5. The molecule has 1 atom stereocenters. The fourth-order valence-corrected chi connectivity index (χ4v) is 4.49. The van der Waals surface area contributed by atoms with E-state index in [-0.39, 0.29) is 11.9 Å². The van der Waals surface area contributed by atoms with Crippen molar-refractivity contribution in [3.05, 3.63) is 58.3 Å². The topological polar surface area (TPSA) is 49.6 Å². The molecule has 2 aromatic heterocycles. The predicted octanol–water partition coefficient (Wildman–Crippen LogP) is 3.37. The Morgan fingerprint density at radius 1 is 1.35 bits per heavy atom. The second-order valence-electron chi connectivity index (χ2n) is 6.75. The monoisotopic (exact) mass is 388 g/mol. The third-order valence-electron chi connectivity index (χ3n) is 4.75. The van der Waals surface area contributed by atoms with Crippen molar-refractivity contribution in [1.29, 1.82) is 0 Å². The maximum atomic E-state index is 12.5. The van der Waals surface area contributed by atoms with Gasteiger partial charge in [-0.15, -0.1) is 11.3 Å². The van der Waals surface area contributed by atoms with Crippen molar-refractivity contribution < 1.29 is 4.79 Å². The zero-order valence-corrected chi connectivity index (χ0v) is 16.0. The third-order valence-corrected chi connectivity index (χ3v) is 5.90. The largest absolute Gasteiger partial charge is 0.352 e. The molecule has 1 amide bonds. The van der Waals surface area contributed by atoms with E-state index in [0.717, 1.165) is 48.2 Å². The van der Waals surface area contributed by atoms with Gasteiger partial charge in [-0.05, 0) is 37.1 Å². The molecular weight excluding hydrogens is 368 g/mol. The summed E-state index contributed by atoms with van der Waals surface area (Å²) in [5.74, 6) is 0.0803. The number of nitrogens with one attached hydrogen (secondary N) is 1. The fourth-order valence-electron chi connectivity index (χ4n) is 3.51. The Morgan fingerprint density at radius 2 is 2.19 bits per heavy atom. The van der Waals surface area contributed by atoms with Crippen LogP contribution in [0.25, 0.3) is 4.96 Å². The van der Waals surface area contributed by atoms with Crippen LogP contribution in [-0.4, -0.2) is 39.3 Å². The summed E-state index contributed by atoms with van der Waals surface area (Å²) in [7, 11) is 0. The number of piperidine rings is 1. The van der Waals surface area contributed by atoms with E-state index in [1.54, 1.807) is 17.5 Å². The summed E-state index contributed by atoms with van der Waals surface area (Å²) in [4.78, 5) is 20.1. The van der Waals surface area contributed by atoms with Crippen LogP contribution in [0.2, 0.25) is 5.02 Å². The number of hydrogen-bond donors (Lipinski definition) is 1. The summed E-state index contributed by atoms with van der Waals surface area (Å²) >= 11 is 7.52. The van der Waals surface area contributed by atoms with Crippen LogP contribution in [0.15, 0.2) is 42.0 Å². The van der Waals surface area contributed by atoms with E-state index < -0.39 is 0 Å². The molecule has 0 spiro atoms. The van der Waals surface area contributed by atoms with Gasteiger partial charge in [0.25, 0.3) is 0 Å². The van der Waals surface area contributed by atoms with E-state index in [1.165, 1.54) is 5.56 Å². The highest BCUT2D eigenvalue weighted by atomic mass is 35.5. The molecule has 1 N–H and O–H groups in total. The number of imidazole rings is 1. The quantitative estimate of drug-likeness (QED) is 0.729. The normalized spacial score (nSPS) is 18.3. The molecule has 0 unspecified atom stereocenters. The molecule has 1 aliphatic heterocycles. The molecule has 0 aliphatic carbocycles. The van der Waals surface area contributed by atoms with Gasteiger partial charge in [0.15, 0.2) is 4.96 Å². The first-order valence-electron chi connectivity index (χ1n) is 8.83. The molecule has 1 saturated heterocycles. The highest BCUT2D eigenvalue weighted by Gasteiger charge is 2.22. The first-order chi connectivity index (χ1) is 12.7. The Bertz CT molecular complexity index is 888. The highest BCUT2D eigenvalue weighted by Crippen LogP contribution is 2.17. The molecule has 26 heavy (non-hydrogen) atoms. The van der Waals surface area contributed by atoms with E-state index in [0.29, 0.717) is 6.42 Å². The van der Waals surface area contributed by atoms with Gasteiger partial charge in [0, 0.05) is 47.6 Å². The number of rotatable bonds is 5. The molecule has 0 radical (unpaired) electrons. The molecule has 136 valence electrons. The van der Waals surface area contributed by atoms with E-state index >= 15 is 0 Å². The van der Waals surface area contributed by atoms with Crippen LogP contribution in [-0.2, 0) is 17.8 Å². The minimum atomic E-state index is 0.0803. The number of carbonyl (C=O) groups is 1. The number of nitrogens with zero attached hydrogens (tertiary/aromatic N) is 3. The summed E-state index contributed by atoms with van der Waals surface area (Å²) in [5, 5.41) is 5.98. The second kappa shape index (κ2) is 7.78. The smallest absolute Gasteiger partial charge is 0.226 e. The van der Waals surface area contributed by atoms with Gasteiger partial charge < -0.3 is 5.32 Å². The number of likely N-dealkylation sites (tertiary alicyclic amines) is 1. The summed E-state index contributed by atoms with van der Waals surface area (Å²) in [5.41, 5.74) is 2.25. The zero-order chi connectivity index (χ0) is 17.9. The molecule has 1 fully saturated rings. The fraction of sp³-hybridized carbons (Fsp3) is 0.368. The first-order valence-corrected chi connectivity index (χ1v) is 10.1. The van der Waals surface area contributed by atoms with Gasteiger partial charge in [0.1, 0.15) is 0 Å². The molecule has 3 aromatic rings. The van der Waals surface area contributed by atoms with Gasteiger partial charge in [-0.3, -0.25) is 14.1 Å². The second-order valence-corrected chi connectivity index (χ2v) is 8.02. The van der Waals surface area contributed by atoms with Gasteiger partial charge in [-0.25, -0.2) is 4.98 Å². The van der Waals surface area contributed by atoms with Crippen LogP contribution in [0.4, 0.5) is 0 Å². The van der Waals surface area contributed by atoms with Crippen LogP contribution in [0.3, 0.4) is 0 Å². The Morgan fingerprint density at radius 3 is 3.04 bits per heavy atom. The summed E-state index contributed by atoms with van der Waals surface area (Å²) in [6, 6.07) is 8.20. The van der Waals surface area contributed by atoms with Crippen molar-refractivity contribution in [3.8, 4) is 0 Å². The Balaban J connectivity index is 1.32. The van der Waals surface area contributed by atoms with Crippen LogP contribution in [0, 0.1) is 0 Å². The van der Waals surface area contributed by atoms with Gasteiger partial charge in [-0.1, -0.05) is 23.7 Å². The van der Waals surface area contributed by atoms with Crippen molar-refractivity contribution in [2.45, 2.75) is 31.8 Å². The molecule has 0 saturated carbocycles. The molecule has 4 rings (SSSR count). The van der Waals surface area contributed by atoms with Crippen molar-refractivity contribution in [2.75, 3.05) is 13.1 Å². The van der Waals surface area contributed by atoms with Gasteiger partial charge in [-0.2, -0.15) is 0 Å². The van der Waals surface area contributed by atoms with Crippen molar-refractivity contribution in [2.24, 2.45) is 0 Å². The number of hydrogen-bond acceptors (Lipinski definition) is 4. The van der Waals surface area contributed by atoms with E-state index in [1.807, 2.05) is 28.1 Å². The van der Waals surface area contributed by atoms with Crippen molar-refractivity contribution in [3.63, 3.8) is 0 Å². The maximum absolute atomic E-state index is 12.5. The molecule has 1 aromatic carbocycles. The summed E-state index contributed by atoms with van der Waals surface area (Å²) in [6.07, 6.45) is 6.20. The Hall–Kier alpha value is -1.89. The number of fused-ring (bicyclic) bond motifs is 1. The van der Waals surface area contributed by atoms with Gasteiger partial charge >= 0.3 is 0 Å². The van der Waals surface area contributed by atoms with Crippen LogP contribution < -0.4 is 5.32 Å². The predicted molar refractivity (Wildman–Crippen MR) is 105 cm³/mol. The summed E-state index contributed by atoms with van der Waals surface area (Å²) < 4.78 is 1.98. The van der Waals surface area contributed by atoms with Crippen molar-refractivity contribution in [1.82, 2.24) is 19.6 Å². The summed E-state index contributed by atoms with van der Waals surface area (Å²) in [6.45, 7) is 2.84. The molecule has 0 bridgehead atoms. The number of carbonyl (C=O) groups excluding carboxylic acids is 1. The molecule has 1 aliphatic rings. The molecule has 3 heterocycles. The number of thiazole rings is 1. The molecule has 7 heteroatoms. The van der Waals surface area contributed by atoms with Crippen LogP contribution in [0.5, 0.6) is 0 Å². The van der Waals surface area contributed by atoms with Gasteiger partial charge in [0.05, 0.1) is 6.42 Å². The average molecular weight is 389 g/mol. The van der Waals surface area contributed by atoms with E-state index in [2.05, 4.69) is 27.3 Å². The lowest BCUT2D eigenvalue weighted by Gasteiger charge is -2.33. The Labute approximate surface area is 161 Å². The number of halogens is 1. The van der Waals surface area contributed by atoms with Crippen molar-refractivity contribution >= 4 is 33.8 Å². The Kier molecular flexibility index (Phi) is 5.24. The lowest BCUT2D eigenvalue weighted by Crippen LogP contribution is -2.47. The molecule has 5 nitrogen and oxygen atoms in total. The van der Waals surface area contributed by atoms with Gasteiger partial charge in [0.2, 0.25) is 5.91 Å². The minimum Gasteiger partial charge on any atom is -0.352 e. The SMILES string of the molecule is O=C(Cc1csc2nccn12)N[C@@H]1CCCN(Cc2ccc(Cl)cc2)C1. The minimum absolute atomic E-state index is 0.0803. The number of amides is 1. The zero-order valence-electron chi connectivity index (χ0n) is 14.4. The lowest BCUT2D eigenvalue weighted by atomic mass is 10.0. The highest BCUT2D eigenvalue weighted by molar-refractivity contribution is 7.15. The standard InChI is InChI=1S/C19H21ClN4OS/c20-15-5-3-14(4-6-15)11-23-8-1-2-16(12-23)22-18(25)10-17-13-26-19-21-7-9-24(17)19/h3-7,9,13,16H,1-2,8,10-12H2,(H,22,25)/t16-/m1/s1. The van der Waals surface area contributed by atoms with Crippen LogP contribution in [0.1, 0.15) is 24.1 Å². The van der Waals surface area contributed by atoms with E-state index in [9.17, 15) is 4.79 Å². The lowest BCUT2D eigenvalue weighted by molar-refractivity contribution is -0.121.